The predicted molar refractivity (Wildman–Crippen MR) is 38.4 cm³/mol. The molecule has 9 heavy (non-hydrogen) atoms. The van der Waals surface area contributed by atoms with E-state index in [9.17, 15) is 0 Å². The molecule has 2 unspecified atom stereocenters. The lowest BCUT2D eigenvalue weighted by Crippen LogP contribution is -1.90. The highest BCUT2D eigenvalue weighted by Gasteiger charge is 2.35. The second-order valence-corrected chi connectivity index (χ2v) is 2.53. The van der Waals surface area contributed by atoms with Crippen molar-refractivity contribution in [3.8, 4) is 0 Å². The second kappa shape index (κ2) is 3.02. The number of hydrogen-bond acceptors (Lipinski definition) is 1. The molecule has 0 aromatic rings. The molecule has 1 heterocycles. The van der Waals surface area contributed by atoms with Crippen LogP contribution in [-0.4, -0.2) is 12.2 Å². The van der Waals surface area contributed by atoms with Gasteiger partial charge in [-0.2, -0.15) is 0 Å². The molecule has 1 nitrogen and oxygen atoms in total. The molecule has 1 aliphatic rings. The zero-order valence-corrected chi connectivity index (χ0v) is 5.97. The van der Waals surface area contributed by atoms with Crippen LogP contribution in [0.2, 0.25) is 0 Å². The van der Waals surface area contributed by atoms with Crippen LogP contribution >= 0.6 is 0 Å². The van der Waals surface area contributed by atoms with Crippen LogP contribution in [0.4, 0.5) is 0 Å². The Kier molecular flexibility index (Phi) is 2.29. The minimum atomic E-state index is 0.516. The minimum absolute atomic E-state index is 0.516. The van der Waals surface area contributed by atoms with E-state index in [0.717, 1.165) is 6.42 Å². The average molecular weight is 126 g/mol. The van der Waals surface area contributed by atoms with Gasteiger partial charge < -0.3 is 4.74 Å². The SMILES string of the molecule is C=CCC1OC1CCC. The van der Waals surface area contributed by atoms with Crippen molar-refractivity contribution >= 4 is 0 Å². The predicted octanol–water partition coefficient (Wildman–Crippen LogP) is 2.13. The van der Waals surface area contributed by atoms with Gasteiger partial charge in [-0.05, 0) is 12.8 Å². The highest BCUT2D eigenvalue weighted by atomic mass is 16.6. The summed E-state index contributed by atoms with van der Waals surface area (Å²) in [7, 11) is 0. The molecule has 0 spiro atoms. The van der Waals surface area contributed by atoms with Gasteiger partial charge in [0.1, 0.15) is 0 Å². The van der Waals surface area contributed by atoms with Gasteiger partial charge in [0.2, 0.25) is 0 Å². The first-order chi connectivity index (χ1) is 4.38. The molecular weight excluding hydrogens is 112 g/mol. The van der Waals surface area contributed by atoms with Crippen molar-refractivity contribution < 1.29 is 4.74 Å². The van der Waals surface area contributed by atoms with E-state index in [1.807, 2.05) is 6.08 Å². The van der Waals surface area contributed by atoms with Crippen molar-refractivity contribution in [3.05, 3.63) is 12.7 Å². The smallest absolute Gasteiger partial charge is 0.0876 e. The van der Waals surface area contributed by atoms with Crippen LogP contribution in [0.1, 0.15) is 26.2 Å². The standard InChI is InChI=1S/C8H14O/c1-3-5-7-8(9-7)6-4-2/h3,7-8H,1,4-6H2,2H3. The first-order valence-corrected chi connectivity index (χ1v) is 3.64. The van der Waals surface area contributed by atoms with E-state index in [1.165, 1.54) is 12.8 Å². The fourth-order valence-electron chi connectivity index (χ4n) is 1.09. The maximum Gasteiger partial charge on any atom is 0.0876 e. The number of epoxide rings is 1. The van der Waals surface area contributed by atoms with Gasteiger partial charge in [-0.3, -0.25) is 0 Å². The second-order valence-electron chi connectivity index (χ2n) is 2.53. The molecule has 0 bridgehead atoms. The lowest BCUT2D eigenvalue weighted by atomic mass is 10.2. The van der Waals surface area contributed by atoms with Gasteiger partial charge >= 0.3 is 0 Å². The van der Waals surface area contributed by atoms with Crippen LogP contribution in [0.25, 0.3) is 0 Å². The largest absolute Gasteiger partial charge is 0.369 e. The Morgan fingerprint density at radius 2 is 2.33 bits per heavy atom. The number of ether oxygens (including phenoxy) is 1. The van der Waals surface area contributed by atoms with E-state index >= 15 is 0 Å². The van der Waals surface area contributed by atoms with Crippen LogP contribution in [0.3, 0.4) is 0 Å². The topological polar surface area (TPSA) is 12.5 Å². The monoisotopic (exact) mass is 126 g/mol. The Balaban J connectivity index is 2.02. The summed E-state index contributed by atoms with van der Waals surface area (Å²) < 4.78 is 5.33. The summed E-state index contributed by atoms with van der Waals surface area (Å²) in [6.45, 7) is 5.84. The highest BCUT2D eigenvalue weighted by molar-refractivity contribution is 4.89. The molecule has 0 radical (unpaired) electrons. The van der Waals surface area contributed by atoms with Crippen molar-refractivity contribution in [2.45, 2.75) is 38.4 Å². The van der Waals surface area contributed by atoms with Gasteiger partial charge in [0.15, 0.2) is 0 Å². The van der Waals surface area contributed by atoms with Gasteiger partial charge in [0, 0.05) is 0 Å². The molecule has 0 aromatic heterocycles. The molecule has 1 heteroatoms. The van der Waals surface area contributed by atoms with Crippen molar-refractivity contribution in [3.63, 3.8) is 0 Å². The number of rotatable bonds is 4. The fourth-order valence-corrected chi connectivity index (χ4v) is 1.09. The van der Waals surface area contributed by atoms with Crippen LogP contribution in [0.5, 0.6) is 0 Å². The van der Waals surface area contributed by atoms with Gasteiger partial charge in [0.05, 0.1) is 12.2 Å². The van der Waals surface area contributed by atoms with Crippen LogP contribution in [0.15, 0.2) is 12.7 Å². The van der Waals surface area contributed by atoms with Crippen LogP contribution in [0, 0.1) is 0 Å². The zero-order valence-electron chi connectivity index (χ0n) is 5.97. The summed E-state index contributed by atoms with van der Waals surface area (Å²) in [4.78, 5) is 0. The van der Waals surface area contributed by atoms with Crippen molar-refractivity contribution in [1.82, 2.24) is 0 Å². The Labute approximate surface area is 56.7 Å². The van der Waals surface area contributed by atoms with Gasteiger partial charge in [-0.25, -0.2) is 0 Å². The summed E-state index contributed by atoms with van der Waals surface area (Å²) in [5, 5.41) is 0. The van der Waals surface area contributed by atoms with E-state index in [2.05, 4.69) is 13.5 Å². The molecule has 0 aromatic carbocycles. The third kappa shape index (κ3) is 1.83. The van der Waals surface area contributed by atoms with Crippen LogP contribution in [-0.2, 0) is 4.74 Å². The molecular formula is C8H14O. The molecule has 1 fully saturated rings. The van der Waals surface area contributed by atoms with Gasteiger partial charge in [0.25, 0.3) is 0 Å². The maximum absolute atomic E-state index is 5.33. The Morgan fingerprint density at radius 3 is 2.89 bits per heavy atom. The molecule has 1 saturated heterocycles. The Morgan fingerprint density at radius 1 is 1.56 bits per heavy atom. The lowest BCUT2D eigenvalue weighted by molar-refractivity contribution is 0.362. The fraction of sp³-hybridized carbons (Fsp3) is 0.750. The summed E-state index contributed by atoms with van der Waals surface area (Å²) in [5.74, 6) is 0. The summed E-state index contributed by atoms with van der Waals surface area (Å²) in [6, 6.07) is 0. The Hall–Kier alpha value is -0.300. The van der Waals surface area contributed by atoms with E-state index < -0.39 is 0 Å². The molecule has 0 saturated carbocycles. The first kappa shape index (κ1) is 6.81. The third-order valence-electron chi connectivity index (χ3n) is 1.66. The molecule has 2 atom stereocenters. The average Bonchev–Trinajstić information content (AvgIpc) is 2.50. The maximum atomic E-state index is 5.33. The highest BCUT2D eigenvalue weighted by Crippen LogP contribution is 2.29. The quantitative estimate of drug-likeness (QED) is 0.415. The summed E-state index contributed by atoms with van der Waals surface area (Å²) in [5.41, 5.74) is 0. The lowest BCUT2D eigenvalue weighted by Gasteiger charge is -1.85. The van der Waals surface area contributed by atoms with Crippen molar-refractivity contribution in [2.24, 2.45) is 0 Å². The van der Waals surface area contributed by atoms with Gasteiger partial charge in [-0.1, -0.05) is 19.4 Å². The first-order valence-electron chi connectivity index (χ1n) is 3.64. The zero-order chi connectivity index (χ0) is 6.69. The minimum Gasteiger partial charge on any atom is -0.369 e. The molecule has 0 N–H and O–H groups in total. The summed E-state index contributed by atoms with van der Waals surface area (Å²) >= 11 is 0. The van der Waals surface area contributed by atoms with E-state index in [0.29, 0.717) is 12.2 Å². The van der Waals surface area contributed by atoms with Crippen molar-refractivity contribution in [1.29, 1.82) is 0 Å². The van der Waals surface area contributed by atoms with E-state index in [4.69, 9.17) is 4.74 Å². The molecule has 52 valence electrons. The third-order valence-corrected chi connectivity index (χ3v) is 1.66. The van der Waals surface area contributed by atoms with E-state index in [-0.39, 0.29) is 0 Å². The molecule has 0 aliphatic carbocycles. The van der Waals surface area contributed by atoms with E-state index in [1.54, 1.807) is 0 Å². The van der Waals surface area contributed by atoms with Crippen molar-refractivity contribution in [2.75, 3.05) is 0 Å². The molecule has 0 amide bonds. The Bertz CT molecular complexity index is 98.7. The van der Waals surface area contributed by atoms with Gasteiger partial charge in [-0.15, -0.1) is 6.58 Å². The normalized spacial score (nSPS) is 32.1. The molecule has 1 rings (SSSR count). The molecule has 1 aliphatic heterocycles. The number of hydrogen-bond donors (Lipinski definition) is 0. The summed E-state index contributed by atoms with van der Waals surface area (Å²) in [6.07, 6.45) is 6.50. The van der Waals surface area contributed by atoms with Crippen LogP contribution < -0.4 is 0 Å².